The number of halogens is 1. The number of benzene rings is 1. The number of rotatable bonds is 7. The average molecular weight is 311 g/mol. The third kappa shape index (κ3) is 4.70. The summed E-state index contributed by atoms with van der Waals surface area (Å²) in [6.07, 6.45) is 2.03. The van der Waals surface area contributed by atoms with E-state index in [-0.39, 0.29) is 6.54 Å². The maximum Gasteiger partial charge on any atom is 0.317 e. The number of hydrogen-bond donors (Lipinski definition) is 2. The van der Waals surface area contributed by atoms with Gasteiger partial charge >= 0.3 is 5.97 Å². The van der Waals surface area contributed by atoms with Crippen LogP contribution < -0.4 is 5.32 Å². The van der Waals surface area contributed by atoms with Gasteiger partial charge < -0.3 is 10.4 Å². The van der Waals surface area contributed by atoms with E-state index >= 15 is 0 Å². The second kappa shape index (κ2) is 7.25. The van der Waals surface area contributed by atoms with Crippen LogP contribution in [0.3, 0.4) is 0 Å². The van der Waals surface area contributed by atoms with Crippen molar-refractivity contribution in [2.75, 3.05) is 13.1 Å². The predicted octanol–water partition coefficient (Wildman–Crippen LogP) is 2.68. The molecule has 0 unspecified atom stereocenters. The molecule has 2 rings (SSSR count). The molecule has 1 aromatic rings. The summed E-state index contributed by atoms with van der Waals surface area (Å²) in [6, 6.07) is 6.94. The summed E-state index contributed by atoms with van der Waals surface area (Å²) in [5, 5.41) is 13.2. The molecular weight excluding hydrogens is 288 g/mol. The van der Waals surface area contributed by atoms with Crippen molar-refractivity contribution in [2.24, 2.45) is 0 Å². The first-order chi connectivity index (χ1) is 9.97. The molecule has 1 aliphatic rings. The lowest BCUT2D eigenvalue weighted by molar-refractivity contribution is -0.139. The maximum atomic E-state index is 10.8. The fourth-order valence-electron chi connectivity index (χ4n) is 2.90. The summed E-state index contributed by atoms with van der Waals surface area (Å²) in [7, 11) is 0. The lowest BCUT2D eigenvalue weighted by Crippen LogP contribution is -2.53. The van der Waals surface area contributed by atoms with Gasteiger partial charge in [0, 0.05) is 23.7 Å². The van der Waals surface area contributed by atoms with Crippen LogP contribution in [0.4, 0.5) is 0 Å². The Morgan fingerprint density at radius 3 is 2.71 bits per heavy atom. The van der Waals surface area contributed by atoms with Gasteiger partial charge in [-0.05, 0) is 49.6 Å². The maximum absolute atomic E-state index is 10.8. The minimum atomic E-state index is -0.748. The molecule has 1 aliphatic carbocycles. The fraction of sp³-hybridized carbons (Fsp3) is 0.562. The van der Waals surface area contributed by atoms with Crippen LogP contribution >= 0.6 is 11.6 Å². The van der Waals surface area contributed by atoms with Gasteiger partial charge in [-0.15, -0.1) is 0 Å². The minimum Gasteiger partial charge on any atom is -0.480 e. The van der Waals surface area contributed by atoms with Crippen LogP contribution in [0.2, 0.25) is 5.02 Å². The van der Waals surface area contributed by atoms with E-state index in [0.29, 0.717) is 12.1 Å². The van der Waals surface area contributed by atoms with Crippen LogP contribution in [0.5, 0.6) is 0 Å². The summed E-state index contributed by atoms with van der Waals surface area (Å²) in [5.41, 5.74) is 2.37. The van der Waals surface area contributed by atoms with Crippen molar-refractivity contribution < 1.29 is 9.90 Å². The Kier molecular flexibility index (Phi) is 5.62. The molecule has 116 valence electrons. The molecule has 5 heteroatoms. The fourth-order valence-corrected chi connectivity index (χ4v) is 3.21. The second-order valence-corrected chi connectivity index (χ2v) is 6.23. The summed E-state index contributed by atoms with van der Waals surface area (Å²) in [6.45, 7) is 5.79. The number of carbonyl (C=O) groups is 1. The van der Waals surface area contributed by atoms with Crippen molar-refractivity contribution in [3.8, 4) is 0 Å². The molecule has 21 heavy (non-hydrogen) atoms. The number of hydrogen-bond acceptors (Lipinski definition) is 3. The molecule has 0 heterocycles. The molecule has 0 radical (unpaired) electrons. The van der Waals surface area contributed by atoms with Crippen LogP contribution in [-0.4, -0.2) is 41.1 Å². The number of nitrogens with zero attached hydrogens (tertiary/aromatic N) is 1. The third-order valence-corrected chi connectivity index (χ3v) is 4.29. The zero-order valence-electron chi connectivity index (χ0n) is 12.6. The van der Waals surface area contributed by atoms with E-state index in [1.165, 1.54) is 11.1 Å². The second-order valence-electron chi connectivity index (χ2n) is 5.80. The monoisotopic (exact) mass is 310 g/mol. The van der Waals surface area contributed by atoms with E-state index in [1.807, 2.05) is 30.9 Å². The van der Waals surface area contributed by atoms with Gasteiger partial charge in [-0.3, -0.25) is 9.69 Å². The average Bonchev–Trinajstić information content (AvgIpc) is 2.33. The lowest BCUT2D eigenvalue weighted by atomic mass is 9.85. The smallest absolute Gasteiger partial charge is 0.317 e. The minimum absolute atomic E-state index is 0.140. The highest BCUT2D eigenvalue weighted by Gasteiger charge is 2.33. The zero-order chi connectivity index (χ0) is 15.4. The molecule has 2 N–H and O–H groups in total. The van der Waals surface area contributed by atoms with Crippen LogP contribution in [-0.2, 0) is 11.3 Å². The molecule has 0 aliphatic heterocycles. The molecule has 1 saturated carbocycles. The van der Waals surface area contributed by atoms with Crippen molar-refractivity contribution in [2.45, 2.75) is 45.3 Å². The molecule has 0 bridgehead atoms. The largest absolute Gasteiger partial charge is 0.480 e. The Hall–Kier alpha value is -1.10. The first-order valence-electron chi connectivity index (χ1n) is 7.43. The molecular formula is C16H23ClN2O2. The van der Waals surface area contributed by atoms with Crippen molar-refractivity contribution >= 4 is 17.6 Å². The van der Waals surface area contributed by atoms with Crippen molar-refractivity contribution in [1.82, 2.24) is 10.2 Å². The molecule has 1 aromatic carbocycles. The molecule has 0 atom stereocenters. The highest BCUT2D eigenvalue weighted by Crippen LogP contribution is 2.26. The first kappa shape index (κ1) is 16.3. The molecule has 0 amide bonds. The van der Waals surface area contributed by atoms with Crippen LogP contribution in [0.25, 0.3) is 0 Å². The Morgan fingerprint density at radius 1 is 1.43 bits per heavy atom. The Labute approximate surface area is 131 Å². The van der Waals surface area contributed by atoms with E-state index in [9.17, 15) is 4.79 Å². The van der Waals surface area contributed by atoms with E-state index in [4.69, 9.17) is 16.7 Å². The van der Waals surface area contributed by atoms with Gasteiger partial charge in [-0.2, -0.15) is 0 Å². The van der Waals surface area contributed by atoms with Crippen LogP contribution in [0.15, 0.2) is 18.2 Å². The van der Waals surface area contributed by atoms with Crippen LogP contribution in [0.1, 0.15) is 30.9 Å². The van der Waals surface area contributed by atoms with Gasteiger partial charge in [0.1, 0.15) is 0 Å². The van der Waals surface area contributed by atoms with Crippen molar-refractivity contribution in [3.63, 3.8) is 0 Å². The van der Waals surface area contributed by atoms with E-state index in [0.717, 1.165) is 31.0 Å². The lowest BCUT2D eigenvalue weighted by Gasteiger charge is -2.42. The normalized spacial score (nSPS) is 21.3. The Bertz CT molecular complexity index is 481. The summed E-state index contributed by atoms with van der Waals surface area (Å²) < 4.78 is 0. The quantitative estimate of drug-likeness (QED) is 0.813. The molecule has 1 fully saturated rings. The van der Waals surface area contributed by atoms with Crippen LogP contribution in [0, 0.1) is 6.92 Å². The molecule has 0 saturated heterocycles. The summed E-state index contributed by atoms with van der Waals surface area (Å²) >= 11 is 6.06. The van der Waals surface area contributed by atoms with Gasteiger partial charge in [0.05, 0.1) is 6.54 Å². The number of carboxylic acids is 1. The predicted molar refractivity (Wildman–Crippen MR) is 84.7 cm³/mol. The number of aliphatic carboxylic acids is 1. The van der Waals surface area contributed by atoms with Gasteiger partial charge in [0.2, 0.25) is 0 Å². The van der Waals surface area contributed by atoms with Gasteiger partial charge in [0.15, 0.2) is 0 Å². The summed E-state index contributed by atoms with van der Waals surface area (Å²) in [4.78, 5) is 12.8. The topological polar surface area (TPSA) is 52.6 Å². The van der Waals surface area contributed by atoms with E-state index < -0.39 is 5.97 Å². The van der Waals surface area contributed by atoms with Crippen molar-refractivity contribution in [3.05, 3.63) is 34.3 Å². The first-order valence-corrected chi connectivity index (χ1v) is 7.81. The van der Waals surface area contributed by atoms with Gasteiger partial charge in [-0.1, -0.05) is 24.6 Å². The van der Waals surface area contributed by atoms with Crippen molar-refractivity contribution in [1.29, 1.82) is 0 Å². The number of nitrogens with one attached hydrogen (secondary N) is 1. The number of aryl methyl sites for hydroxylation is 1. The van der Waals surface area contributed by atoms with Gasteiger partial charge in [-0.25, -0.2) is 0 Å². The third-order valence-electron chi connectivity index (χ3n) is 4.07. The highest BCUT2D eigenvalue weighted by atomic mass is 35.5. The Balaban J connectivity index is 1.76. The van der Waals surface area contributed by atoms with Gasteiger partial charge in [0.25, 0.3) is 0 Å². The summed E-state index contributed by atoms with van der Waals surface area (Å²) in [5.74, 6) is -0.748. The van der Waals surface area contributed by atoms with E-state index in [1.54, 1.807) is 0 Å². The number of likely N-dealkylation sites (N-methyl/N-ethyl adjacent to an activating group) is 1. The Morgan fingerprint density at radius 2 is 2.14 bits per heavy atom. The highest BCUT2D eigenvalue weighted by molar-refractivity contribution is 6.30. The van der Waals surface area contributed by atoms with E-state index in [2.05, 4.69) is 11.4 Å². The molecule has 4 nitrogen and oxygen atoms in total. The molecule has 0 spiro atoms. The standard InChI is InChI=1S/C16H23ClN2O2/c1-3-19(10-16(20)21)15-7-14(8-15)18-9-12-4-11(2)5-13(17)6-12/h4-6,14-15,18H,3,7-10H2,1-2H3,(H,20,21). The zero-order valence-corrected chi connectivity index (χ0v) is 13.4. The molecule has 0 aromatic heterocycles. The SMILES string of the molecule is CCN(CC(=O)O)C1CC(NCc2cc(C)cc(Cl)c2)C1. The number of carboxylic acid groups (broad SMARTS) is 1.